The summed E-state index contributed by atoms with van der Waals surface area (Å²) in [6, 6.07) is 6.19. The van der Waals surface area contributed by atoms with Gasteiger partial charge in [-0.1, -0.05) is 12.1 Å². The number of anilines is 1. The molecule has 9 heteroatoms. The van der Waals surface area contributed by atoms with Crippen molar-refractivity contribution >= 4 is 29.4 Å². The van der Waals surface area contributed by atoms with Crippen LogP contribution in [0.1, 0.15) is 25.7 Å². The smallest absolute Gasteiger partial charge is 0.310 e. The Morgan fingerprint density at radius 3 is 2.81 bits per heavy atom. The molecule has 3 rings (SSSR count). The molecule has 0 aliphatic carbocycles. The summed E-state index contributed by atoms with van der Waals surface area (Å²) in [5.74, 6) is -1.78. The van der Waals surface area contributed by atoms with Crippen LogP contribution in [0.25, 0.3) is 0 Å². The number of primary amides is 1. The molecule has 0 aromatic heterocycles. The molecule has 1 aromatic carbocycles. The first kappa shape index (κ1) is 18.7. The van der Waals surface area contributed by atoms with Crippen LogP contribution in [0.5, 0.6) is 5.75 Å². The molecule has 144 valence electrons. The van der Waals surface area contributed by atoms with E-state index in [4.69, 9.17) is 15.2 Å². The molecule has 0 saturated carbocycles. The summed E-state index contributed by atoms with van der Waals surface area (Å²) in [6.07, 6.45) is 0.721. The molecule has 2 atom stereocenters. The van der Waals surface area contributed by atoms with Crippen molar-refractivity contribution in [2.24, 2.45) is 5.73 Å². The summed E-state index contributed by atoms with van der Waals surface area (Å²) in [6.45, 7) is -0.109. The van der Waals surface area contributed by atoms with Gasteiger partial charge in [0.2, 0.25) is 5.91 Å². The minimum atomic E-state index is -1.03. The number of benzene rings is 1. The summed E-state index contributed by atoms with van der Waals surface area (Å²) >= 11 is 0. The third-order valence-corrected chi connectivity index (χ3v) is 4.57. The number of nitrogens with one attached hydrogen (secondary N) is 1. The van der Waals surface area contributed by atoms with Crippen LogP contribution in [-0.4, -0.2) is 53.9 Å². The lowest BCUT2D eigenvalue weighted by atomic mass is 10.0. The number of amides is 3. The number of piperidine rings is 1. The van der Waals surface area contributed by atoms with E-state index in [1.165, 1.54) is 4.90 Å². The minimum Gasteiger partial charge on any atom is -0.478 e. The second kappa shape index (κ2) is 8.07. The highest BCUT2D eigenvalue weighted by atomic mass is 16.5. The zero-order chi connectivity index (χ0) is 19.4. The molecule has 27 heavy (non-hydrogen) atoms. The van der Waals surface area contributed by atoms with E-state index < -0.39 is 42.4 Å². The molecule has 1 fully saturated rings. The van der Waals surface area contributed by atoms with E-state index in [-0.39, 0.29) is 6.42 Å². The van der Waals surface area contributed by atoms with Gasteiger partial charge >= 0.3 is 5.97 Å². The van der Waals surface area contributed by atoms with Gasteiger partial charge in [0.15, 0.2) is 12.7 Å². The highest BCUT2D eigenvalue weighted by Gasteiger charge is 2.33. The van der Waals surface area contributed by atoms with Crippen LogP contribution in [-0.2, 0) is 23.9 Å². The number of nitrogens with zero attached hydrogens (tertiary/aromatic N) is 1. The number of para-hydroxylation sites is 2. The molecular formula is C18H21N3O6. The van der Waals surface area contributed by atoms with Gasteiger partial charge in [-0.05, 0) is 31.4 Å². The number of likely N-dealkylation sites (tertiary alicyclic amines) is 1. The number of fused-ring (bicyclic) bond motifs is 1. The van der Waals surface area contributed by atoms with Crippen LogP contribution in [0.2, 0.25) is 0 Å². The predicted octanol–water partition coefficient (Wildman–Crippen LogP) is 0.186. The number of nitrogens with two attached hydrogens (primary N) is 1. The van der Waals surface area contributed by atoms with Crippen LogP contribution in [0, 0.1) is 0 Å². The fraction of sp³-hybridized carbons (Fsp3) is 0.444. The maximum Gasteiger partial charge on any atom is 0.310 e. The van der Waals surface area contributed by atoms with E-state index in [9.17, 15) is 19.2 Å². The second-order valence-corrected chi connectivity index (χ2v) is 6.46. The van der Waals surface area contributed by atoms with Crippen molar-refractivity contribution < 1.29 is 28.7 Å². The molecule has 3 amide bonds. The van der Waals surface area contributed by atoms with Crippen molar-refractivity contribution in [1.29, 1.82) is 0 Å². The van der Waals surface area contributed by atoms with Gasteiger partial charge in [-0.3, -0.25) is 19.2 Å². The number of carbonyl (C=O) groups is 4. The molecule has 2 aliphatic rings. The van der Waals surface area contributed by atoms with Gasteiger partial charge < -0.3 is 25.4 Å². The molecule has 9 nitrogen and oxygen atoms in total. The van der Waals surface area contributed by atoms with Crippen molar-refractivity contribution in [2.75, 3.05) is 18.5 Å². The molecule has 1 saturated heterocycles. The van der Waals surface area contributed by atoms with Gasteiger partial charge in [0.25, 0.3) is 11.8 Å². The largest absolute Gasteiger partial charge is 0.478 e. The molecule has 0 bridgehead atoms. The fourth-order valence-corrected chi connectivity index (χ4v) is 3.19. The van der Waals surface area contributed by atoms with E-state index >= 15 is 0 Å². The van der Waals surface area contributed by atoms with Crippen LogP contribution in [0.4, 0.5) is 5.69 Å². The number of hydrogen-bond acceptors (Lipinski definition) is 6. The van der Waals surface area contributed by atoms with Crippen molar-refractivity contribution in [1.82, 2.24) is 4.90 Å². The highest BCUT2D eigenvalue weighted by molar-refractivity contribution is 5.99. The normalized spacial score (nSPS) is 21.5. The van der Waals surface area contributed by atoms with E-state index in [1.807, 2.05) is 0 Å². The number of rotatable bonds is 5. The zero-order valence-corrected chi connectivity index (χ0v) is 14.7. The summed E-state index contributed by atoms with van der Waals surface area (Å²) in [5.41, 5.74) is 5.86. The van der Waals surface area contributed by atoms with Crippen molar-refractivity contribution in [2.45, 2.75) is 37.8 Å². The third kappa shape index (κ3) is 4.36. The Labute approximate surface area is 155 Å². The quantitative estimate of drug-likeness (QED) is 0.707. The van der Waals surface area contributed by atoms with E-state index in [1.54, 1.807) is 24.3 Å². The molecule has 0 radical (unpaired) electrons. The lowest BCUT2D eigenvalue weighted by Crippen LogP contribution is -2.51. The average molecular weight is 375 g/mol. The monoisotopic (exact) mass is 375 g/mol. The van der Waals surface area contributed by atoms with Crippen molar-refractivity contribution in [3.05, 3.63) is 24.3 Å². The lowest BCUT2D eigenvalue weighted by molar-refractivity contribution is -0.156. The molecule has 0 spiro atoms. The Morgan fingerprint density at radius 2 is 2.04 bits per heavy atom. The fourth-order valence-electron chi connectivity index (χ4n) is 3.19. The molecule has 2 heterocycles. The van der Waals surface area contributed by atoms with Crippen molar-refractivity contribution in [3.8, 4) is 5.75 Å². The zero-order valence-electron chi connectivity index (χ0n) is 14.7. The first-order valence-electron chi connectivity index (χ1n) is 8.76. The van der Waals surface area contributed by atoms with Gasteiger partial charge in [0, 0.05) is 6.54 Å². The number of carbonyl (C=O) groups excluding carboxylic acids is 4. The Bertz CT molecular complexity index is 765. The standard InChI is InChI=1S/C18H21N3O6/c19-17(24)12-6-3-4-8-21(12)15(22)10-26-16(23)9-14-18(25)20-11-5-1-2-7-13(11)27-14/h1-2,5,7,12,14H,3-4,6,8-10H2,(H2,19,24)(H,20,25)/t12-,14-/m1/s1. The van der Waals surface area contributed by atoms with Gasteiger partial charge in [-0.2, -0.15) is 0 Å². The Morgan fingerprint density at radius 1 is 1.26 bits per heavy atom. The van der Waals surface area contributed by atoms with Gasteiger partial charge in [-0.15, -0.1) is 0 Å². The van der Waals surface area contributed by atoms with Crippen LogP contribution < -0.4 is 15.8 Å². The van der Waals surface area contributed by atoms with E-state index in [0.29, 0.717) is 24.4 Å². The topological polar surface area (TPSA) is 128 Å². The lowest BCUT2D eigenvalue weighted by Gasteiger charge is -2.33. The summed E-state index contributed by atoms with van der Waals surface area (Å²) in [7, 11) is 0. The number of esters is 1. The van der Waals surface area contributed by atoms with Crippen LogP contribution >= 0.6 is 0 Å². The van der Waals surface area contributed by atoms with Gasteiger partial charge in [0.05, 0.1) is 12.1 Å². The molecule has 2 aliphatic heterocycles. The van der Waals surface area contributed by atoms with E-state index in [2.05, 4.69) is 5.32 Å². The Kier molecular flexibility index (Phi) is 5.58. The summed E-state index contributed by atoms with van der Waals surface area (Å²) < 4.78 is 10.5. The van der Waals surface area contributed by atoms with Crippen LogP contribution in [0.3, 0.4) is 0 Å². The third-order valence-electron chi connectivity index (χ3n) is 4.57. The molecule has 1 aromatic rings. The SMILES string of the molecule is NC(=O)[C@H]1CCCCN1C(=O)COC(=O)C[C@H]1Oc2ccccc2NC1=O. The predicted molar refractivity (Wildman–Crippen MR) is 93.6 cm³/mol. The first-order chi connectivity index (χ1) is 13.0. The maximum absolute atomic E-state index is 12.3. The van der Waals surface area contributed by atoms with Crippen molar-refractivity contribution in [3.63, 3.8) is 0 Å². The minimum absolute atomic E-state index is 0.327. The molecular weight excluding hydrogens is 354 g/mol. The number of ether oxygens (including phenoxy) is 2. The highest BCUT2D eigenvalue weighted by Crippen LogP contribution is 2.29. The molecule has 3 N–H and O–H groups in total. The van der Waals surface area contributed by atoms with Crippen LogP contribution in [0.15, 0.2) is 24.3 Å². The van der Waals surface area contributed by atoms with E-state index in [0.717, 1.165) is 12.8 Å². The van der Waals surface area contributed by atoms with Gasteiger partial charge in [0.1, 0.15) is 11.8 Å². The average Bonchev–Trinajstić information content (AvgIpc) is 2.66. The Hall–Kier alpha value is -3.10. The first-order valence-corrected chi connectivity index (χ1v) is 8.76. The maximum atomic E-state index is 12.3. The second-order valence-electron chi connectivity index (χ2n) is 6.46. The molecule has 0 unspecified atom stereocenters. The summed E-state index contributed by atoms with van der Waals surface area (Å²) in [4.78, 5) is 49.1. The number of hydrogen-bond donors (Lipinski definition) is 2. The summed E-state index contributed by atoms with van der Waals surface area (Å²) in [5, 5.41) is 2.65. The van der Waals surface area contributed by atoms with Gasteiger partial charge in [-0.25, -0.2) is 0 Å². The Balaban J connectivity index is 1.51.